The van der Waals surface area contributed by atoms with Crippen LogP contribution in [0.3, 0.4) is 0 Å². The summed E-state index contributed by atoms with van der Waals surface area (Å²) in [4.78, 5) is 29.5. The van der Waals surface area contributed by atoms with Crippen LogP contribution in [0.1, 0.15) is 16.1 Å². The molecule has 1 N–H and O–H groups in total. The van der Waals surface area contributed by atoms with Crippen LogP contribution in [0.4, 0.5) is 16.0 Å². The van der Waals surface area contributed by atoms with Gasteiger partial charge in [-0.15, -0.1) is 0 Å². The number of hydrogen-bond acceptors (Lipinski definition) is 5. The number of halogens is 2. The van der Waals surface area contributed by atoms with Gasteiger partial charge in [-0.25, -0.2) is 14.4 Å². The van der Waals surface area contributed by atoms with E-state index in [9.17, 15) is 19.3 Å². The van der Waals surface area contributed by atoms with Gasteiger partial charge in [0.25, 0.3) is 11.6 Å². The van der Waals surface area contributed by atoms with Gasteiger partial charge in [-0.05, 0) is 19.1 Å². The van der Waals surface area contributed by atoms with E-state index >= 15 is 0 Å². The fourth-order valence-corrected chi connectivity index (χ4v) is 1.81. The van der Waals surface area contributed by atoms with Gasteiger partial charge < -0.3 is 0 Å². The number of nitro benzene ring substituents is 1. The average molecular weight is 311 g/mol. The minimum atomic E-state index is -0.891. The minimum Gasteiger partial charge on any atom is -0.290 e. The first-order valence-corrected chi connectivity index (χ1v) is 6.00. The molecule has 21 heavy (non-hydrogen) atoms. The molecule has 2 aromatic rings. The number of carbonyl (C=O) groups is 1. The molecule has 0 saturated heterocycles. The molecule has 0 aliphatic carbocycles. The van der Waals surface area contributed by atoms with Crippen LogP contribution in [0, 0.1) is 22.9 Å². The average Bonchev–Trinajstić information content (AvgIpc) is 2.36. The Hall–Kier alpha value is -2.61. The van der Waals surface area contributed by atoms with Crippen molar-refractivity contribution in [3.05, 3.63) is 56.6 Å². The summed E-state index contributed by atoms with van der Waals surface area (Å²) in [6.45, 7) is 1.65. The molecule has 0 atom stereocenters. The van der Waals surface area contributed by atoms with Crippen LogP contribution >= 0.6 is 11.6 Å². The lowest BCUT2D eigenvalue weighted by Gasteiger charge is -2.05. The van der Waals surface area contributed by atoms with Gasteiger partial charge in [-0.3, -0.25) is 20.2 Å². The highest BCUT2D eigenvalue weighted by molar-refractivity contribution is 6.29. The normalized spacial score (nSPS) is 10.2. The Labute approximate surface area is 122 Å². The number of nitrogens with zero attached hydrogens (tertiary/aromatic N) is 3. The second-order valence-electron chi connectivity index (χ2n) is 4.06. The van der Waals surface area contributed by atoms with Gasteiger partial charge in [0.05, 0.1) is 11.0 Å². The molecular weight excluding hydrogens is 303 g/mol. The number of rotatable bonds is 3. The Morgan fingerprint density at radius 2 is 2.05 bits per heavy atom. The third-order valence-electron chi connectivity index (χ3n) is 2.40. The molecule has 1 amide bonds. The monoisotopic (exact) mass is 310 g/mol. The highest BCUT2D eigenvalue weighted by atomic mass is 35.5. The van der Waals surface area contributed by atoms with Crippen LogP contribution in [0.2, 0.25) is 5.15 Å². The van der Waals surface area contributed by atoms with Crippen molar-refractivity contribution in [3.8, 4) is 0 Å². The van der Waals surface area contributed by atoms with Crippen molar-refractivity contribution < 1.29 is 14.1 Å². The number of benzene rings is 1. The maximum Gasteiger partial charge on any atom is 0.273 e. The fraction of sp³-hybridized carbons (Fsp3) is 0.0833. The topological polar surface area (TPSA) is 98.0 Å². The number of aromatic nitrogens is 2. The lowest BCUT2D eigenvalue weighted by Crippen LogP contribution is -2.15. The molecular formula is C12H8ClFN4O3. The molecule has 0 radical (unpaired) electrons. The van der Waals surface area contributed by atoms with Crippen LogP contribution in [0.5, 0.6) is 0 Å². The second kappa shape index (κ2) is 5.80. The lowest BCUT2D eigenvalue weighted by molar-refractivity contribution is -0.385. The van der Waals surface area contributed by atoms with Gasteiger partial charge in [0.15, 0.2) is 0 Å². The summed E-state index contributed by atoms with van der Waals surface area (Å²) in [5.74, 6) is -1.74. The maximum atomic E-state index is 13.3. The standard InChI is InChI=1S/C12H8ClFN4O3/c1-6-2-10(13)16-12(15-6)17-11(19)7-3-8(14)5-9(4-7)18(20)21/h2-5H,1H3,(H,15,16,17,19). The molecule has 0 fully saturated rings. The molecule has 108 valence electrons. The number of aryl methyl sites for hydroxylation is 1. The Kier molecular flexibility index (Phi) is 4.08. The zero-order valence-electron chi connectivity index (χ0n) is 10.6. The molecule has 0 aliphatic rings. The van der Waals surface area contributed by atoms with Crippen molar-refractivity contribution in [1.82, 2.24) is 9.97 Å². The molecule has 1 heterocycles. The van der Waals surface area contributed by atoms with Crippen molar-refractivity contribution in [2.75, 3.05) is 5.32 Å². The van der Waals surface area contributed by atoms with E-state index < -0.39 is 22.3 Å². The van der Waals surface area contributed by atoms with Crippen LogP contribution in [-0.2, 0) is 0 Å². The predicted octanol–water partition coefficient (Wildman–Crippen LogP) is 2.74. The van der Waals surface area contributed by atoms with Gasteiger partial charge >= 0.3 is 0 Å². The summed E-state index contributed by atoms with van der Waals surface area (Å²) < 4.78 is 13.3. The summed E-state index contributed by atoms with van der Waals surface area (Å²) in [5, 5.41) is 13.1. The quantitative estimate of drug-likeness (QED) is 0.534. The third-order valence-corrected chi connectivity index (χ3v) is 2.60. The molecule has 0 aliphatic heterocycles. The Morgan fingerprint density at radius 1 is 1.33 bits per heavy atom. The van der Waals surface area contributed by atoms with Crippen LogP contribution in [-0.4, -0.2) is 20.8 Å². The number of nitro groups is 1. The SMILES string of the molecule is Cc1cc(Cl)nc(NC(=O)c2cc(F)cc([N+](=O)[O-])c2)n1. The highest BCUT2D eigenvalue weighted by Crippen LogP contribution is 2.17. The number of non-ortho nitro benzene ring substituents is 1. The van der Waals surface area contributed by atoms with E-state index in [-0.39, 0.29) is 16.7 Å². The summed E-state index contributed by atoms with van der Waals surface area (Å²) in [7, 11) is 0. The largest absolute Gasteiger partial charge is 0.290 e. The number of anilines is 1. The highest BCUT2D eigenvalue weighted by Gasteiger charge is 2.16. The number of carbonyl (C=O) groups excluding carboxylic acids is 1. The number of hydrogen-bond donors (Lipinski definition) is 1. The van der Waals surface area contributed by atoms with Crippen molar-refractivity contribution >= 4 is 29.1 Å². The van der Waals surface area contributed by atoms with Crippen molar-refractivity contribution in [3.63, 3.8) is 0 Å². The van der Waals surface area contributed by atoms with Crippen LogP contribution in [0.25, 0.3) is 0 Å². The third kappa shape index (κ3) is 3.69. The smallest absolute Gasteiger partial charge is 0.273 e. The summed E-state index contributed by atoms with van der Waals surface area (Å²) >= 11 is 5.72. The van der Waals surface area contributed by atoms with E-state index in [0.29, 0.717) is 5.69 Å². The molecule has 7 nitrogen and oxygen atoms in total. The van der Waals surface area contributed by atoms with Gasteiger partial charge in [0, 0.05) is 17.3 Å². The zero-order chi connectivity index (χ0) is 15.6. The van der Waals surface area contributed by atoms with Gasteiger partial charge in [0.2, 0.25) is 5.95 Å². The van der Waals surface area contributed by atoms with E-state index in [0.717, 1.165) is 18.2 Å². The van der Waals surface area contributed by atoms with E-state index in [2.05, 4.69) is 15.3 Å². The molecule has 1 aromatic carbocycles. The van der Waals surface area contributed by atoms with Crippen molar-refractivity contribution in [1.29, 1.82) is 0 Å². The fourth-order valence-electron chi connectivity index (χ4n) is 1.57. The zero-order valence-corrected chi connectivity index (χ0v) is 11.4. The molecule has 0 saturated carbocycles. The molecule has 2 rings (SSSR count). The van der Waals surface area contributed by atoms with Gasteiger partial charge in [0.1, 0.15) is 11.0 Å². The minimum absolute atomic E-state index is 0.0723. The van der Waals surface area contributed by atoms with Crippen LogP contribution in [0.15, 0.2) is 24.3 Å². The summed E-state index contributed by atoms with van der Waals surface area (Å²) in [6.07, 6.45) is 0. The number of amides is 1. The van der Waals surface area contributed by atoms with Gasteiger partial charge in [-0.2, -0.15) is 0 Å². The predicted molar refractivity (Wildman–Crippen MR) is 72.8 cm³/mol. The Balaban J connectivity index is 2.30. The first-order chi connectivity index (χ1) is 9.85. The van der Waals surface area contributed by atoms with E-state index in [4.69, 9.17) is 11.6 Å². The summed E-state index contributed by atoms with van der Waals surface area (Å²) in [6, 6.07) is 4.04. The van der Waals surface area contributed by atoms with E-state index in [1.807, 2.05) is 0 Å². The molecule has 0 bridgehead atoms. The molecule has 0 spiro atoms. The van der Waals surface area contributed by atoms with Crippen LogP contribution < -0.4 is 5.32 Å². The summed E-state index contributed by atoms with van der Waals surface area (Å²) in [5.41, 5.74) is -0.221. The second-order valence-corrected chi connectivity index (χ2v) is 4.45. The van der Waals surface area contributed by atoms with Gasteiger partial charge in [-0.1, -0.05) is 11.6 Å². The number of nitrogens with one attached hydrogen (secondary N) is 1. The lowest BCUT2D eigenvalue weighted by atomic mass is 10.2. The van der Waals surface area contributed by atoms with E-state index in [1.54, 1.807) is 6.92 Å². The Bertz CT molecular complexity index is 718. The van der Waals surface area contributed by atoms with E-state index in [1.165, 1.54) is 6.07 Å². The first kappa shape index (κ1) is 14.8. The molecule has 9 heteroatoms. The van der Waals surface area contributed by atoms with Crippen molar-refractivity contribution in [2.24, 2.45) is 0 Å². The van der Waals surface area contributed by atoms with Crippen molar-refractivity contribution in [2.45, 2.75) is 6.92 Å². The maximum absolute atomic E-state index is 13.3. The first-order valence-electron chi connectivity index (χ1n) is 5.62. The molecule has 0 unspecified atom stereocenters. The Morgan fingerprint density at radius 3 is 2.67 bits per heavy atom. The molecule has 1 aromatic heterocycles.